The second kappa shape index (κ2) is 5.58. The number of hydrogen-bond acceptors (Lipinski definition) is 5. The van der Waals surface area contributed by atoms with E-state index in [9.17, 15) is 18.0 Å². The number of imide groups is 1. The summed E-state index contributed by atoms with van der Waals surface area (Å²) in [7, 11) is -3.35. The van der Waals surface area contributed by atoms with Gasteiger partial charge in [0.25, 0.3) is 5.91 Å². The maximum absolute atomic E-state index is 12.4. The number of carbonyl (C=O) groups is 2. The van der Waals surface area contributed by atoms with Crippen LogP contribution in [0.1, 0.15) is 49.5 Å². The molecule has 1 aliphatic carbocycles. The molecule has 0 atom stereocenters. The summed E-state index contributed by atoms with van der Waals surface area (Å²) in [5.74, 6) is -0.0521. The van der Waals surface area contributed by atoms with Crippen molar-refractivity contribution >= 4 is 21.8 Å². The monoisotopic (exact) mass is 351 g/mol. The van der Waals surface area contributed by atoms with Crippen molar-refractivity contribution in [2.45, 2.75) is 50.7 Å². The smallest absolute Gasteiger partial charge is 0.417 e. The van der Waals surface area contributed by atoms with Gasteiger partial charge in [0.2, 0.25) is 0 Å². The Labute approximate surface area is 141 Å². The van der Waals surface area contributed by atoms with Crippen LogP contribution in [0.3, 0.4) is 0 Å². The number of fused-ring (bicyclic) bond motifs is 1. The van der Waals surface area contributed by atoms with E-state index in [0.29, 0.717) is 11.1 Å². The van der Waals surface area contributed by atoms with Gasteiger partial charge in [0.1, 0.15) is 5.60 Å². The lowest BCUT2D eigenvalue weighted by Gasteiger charge is -2.23. The van der Waals surface area contributed by atoms with Gasteiger partial charge in [-0.15, -0.1) is 0 Å². The lowest BCUT2D eigenvalue weighted by Crippen LogP contribution is -2.36. The molecule has 24 heavy (non-hydrogen) atoms. The van der Waals surface area contributed by atoms with Crippen molar-refractivity contribution in [3.63, 3.8) is 0 Å². The van der Waals surface area contributed by atoms with Gasteiger partial charge in [-0.05, 0) is 63.3 Å². The zero-order valence-electron chi connectivity index (χ0n) is 14.0. The van der Waals surface area contributed by atoms with E-state index >= 15 is 0 Å². The standard InChI is InChI=1S/C17H21NO5S/c1-17(2,3)23-16(20)18-9-12-8-13(6-7-14(12)15(18)19)24(21,22)10-11-4-5-11/h6-8,11H,4-5,9-10H2,1-3H3. The summed E-state index contributed by atoms with van der Waals surface area (Å²) in [6, 6.07) is 4.45. The third-order valence-corrected chi connectivity index (χ3v) is 5.89. The average Bonchev–Trinajstić information content (AvgIpc) is 3.18. The van der Waals surface area contributed by atoms with Gasteiger partial charge >= 0.3 is 6.09 Å². The number of ether oxygens (including phenoxy) is 1. The first-order chi connectivity index (χ1) is 11.1. The number of hydrogen-bond donors (Lipinski definition) is 0. The molecule has 1 saturated carbocycles. The van der Waals surface area contributed by atoms with Gasteiger partial charge in [-0.2, -0.15) is 0 Å². The molecule has 2 amide bonds. The van der Waals surface area contributed by atoms with Crippen molar-refractivity contribution in [1.29, 1.82) is 0 Å². The Morgan fingerprint density at radius 3 is 2.54 bits per heavy atom. The van der Waals surface area contributed by atoms with E-state index in [2.05, 4.69) is 0 Å². The molecular formula is C17H21NO5S. The molecule has 1 aromatic rings. The normalized spacial score (nSPS) is 17.8. The summed E-state index contributed by atoms with van der Waals surface area (Å²) in [5.41, 5.74) is 0.194. The molecule has 1 heterocycles. The van der Waals surface area contributed by atoms with E-state index in [1.54, 1.807) is 20.8 Å². The summed E-state index contributed by atoms with van der Waals surface area (Å²) in [4.78, 5) is 25.7. The highest BCUT2D eigenvalue weighted by Gasteiger charge is 2.36. The highest BCUT2D eigenvalue weighted by molar-refractivity contribution is 7.91. The molecule has 0 spiro atoms. The van der Waals surface area contributed by atoms with Crippen LogP contribution in [0.2, 0.25) is 0 Å². The summed E-state index contributed by atoms with van der Waals surface area (Å²) in [6.07, 6.45) is 1.19. The molecule has 0 unspecified atom stereocenters. The molecule has 0 aromatic heterocycles. The molecule has 7 heteroatoms. The van der Waals surface area contributed by atoms with Gasteiger partial charge in [0.05, 0.1) is 17.2 Å². The number of sulfone groups is 1. The second-order valence-corrected chi connectivity index (χ2v) is 9.45. The Kier molecular flexibility index (Phi) is 3.94. The van der Waals surface area contributed by atoms with Crippen LogP contribution in [-0.2, 0) is 21.1 Å². The van der Waals surface area contributed by atoms with Crippen LogP contribution in [0.4, 0.5) is 4.79 Å². The van der Waals surface area contributed by atoms with Crippen LogP contribution < -0.4 is 0 Å². The largest absolute Gasteiger partial charge is 0.443 e. The first-order valence-electron chi connectivity index (χ1n) is 7.97. The minimum absolute atomic E-state index is 0.0376. The van der Waals surface area contributed by atoms with Crippen molar-refractivity contribution in [3.05, 3.63) is 29.3 Å². The van der Waals surface area contributed by atoms with Crippen molar-refractivity contribution in [2.24, 2.45) is 5.92 Å². The van der Waals surface area contributed by atoms with Crippen LogP contribution in [0.25, 0.3) is 0 Å². The van der Waals surface area contributed by atoms with Crippen LogP contribution in [0, 0.1) is 5.92 Å². The maximum atomic E-state index is 12.4. The van der Waals surface area contributed by atoms with E-state index in [1.165, 1.54) is 18.2 Å². The Morgan fingerprint density at radius 1 is 1.29 bits per heavy atom. The summed E-state index contributed by atoms with van der Waals surface area (Å²) >= 11 is 0. The van der Waals surface area contributed by atoms with Gasteiger partial charge in [-0.3, -0.25) is 4.79 Å². The zero-order valence-corrected chi connectivity index (χ0v) is 14.9. The van der Waals surface area contributed by atoms with E-state index in [4.69, 9.17) is 4.74 Å². The van der Waals surface area contributed by atoms with Gasteiger partial charge < -0.3 is 4.74 Å². The number of amides is 2. The second-order valence-electron chi connectivity index (χ2n) is 7.42. The SMILES string of the molecule is CC(C)(C)OC(=O)N1Cc2cc(S(=O)(=O)CC3CC3)ccc2C1=O. The quantitative estimate of drug-likeness (QED) is 0.836. The minimum atomic E-state index is -3.35. The maximum Gasteiger partial charge on any atom is 0.417 e. The summed E-state index contributed by atoms with van der Waals surface area (Å²) in [6.45, 7) is 5.21. The summed E-state index contributed by atoms with van der Waals surface area (Å²) in [5, 5.41) is 0. The molecule has 0 N–H and O–H groups in total. The van der Waals surface area contributed by atoms with Crippen molar-refractivity contribution in [1.82, 2.24) is 4.90 Å². The van der Waals surface area contributed by atoms with Crippen molar-refractivity contribution in [3.8, 4) is 0 Å². The van der Waals surface area contributed by atoms with E-state index in [-0.39, 0.29) is 23.1 Å². The Balaban J connectivity index is 1.82. The lowest BCUT2D eigenvalue weighted by molar-refractivity contribution is 0.0248. The molecule has 0 saturated heterocycles. The third-order valence-electron chi connectivity index (χ3n) is 4.01. The first-order valence-corrected chi connectivity index (χ1v) is 9.62. The number of carbonyl (C=O) groups excluding carboxylic acids is 2. The van der Waals surface area contributed by atoms with Crippen LogP contribution >= 0.6 is 0 Å². The molecule has 6 nitrogen and oxygen atoms in total. The van der Waals surface area contributed by atoms with Crippen LogP contribution in [-0.4, -0.2) is 36.7 Å². The fourth-order valence-corrected chi connectivity index (χ4v) is 4.39. The van der Waals surface area contributed by atoms with E-state index in [0.717, 1.165) is 17.7 Å². The molecular weight excluding hydrogens is 330 g/mol. The lowest BCUT2D eigenvalue weighted by atomic mass is 10.1. The number of nitrogens with zero attached hydrogens (tertiary/aromatic N) is 1. The Bertz CT molecular complexity index is 803. The summed E-state index contributed by atoms with van der Waals surface area (Å²) < 4.78 is 30.0. The van der Waals surface area contributed by atoms with Gasteiger partial charge in [-0.25, -0.2) is 18.1 Å². The Morgan fingerprint density at radius 2 is 1.96 bits per heavy atom. The molecule has 1 aromatic carbocycles. The highest BCUT2D eigenvalue weighted by atomic mass is 32.2. The molecule has 130 valence electrons. The van der Waals surface area contributed by atoms with Gasteiger partial charge in [0.15, 0.2) is 9.84 Å². The molecule has 2 aliphatic rings. The van der Waals surface area contributed by atoms with Crippen LogP contribution in [0.5, 0.6) is 0 Å². The fraction of sp³-hybridized carbons (Fsp3) is 0.529. The molecule has 1 fully saturated rings. The van der Waals surface area contributed by atoms with E-state index in [1.807, 2.05) is 0 Å². The molecule has 0 radical (unpaired) electrons. The number of rotatable bonds is 3. The third kappa shape index (κ3) is 3.45. The fourth-order valence-electron chi connectivity index (χ4n) is 2.65. The topological polar surface area (TPSA) is 80.8 Å². The van der Waals surface area contributed by atoms with Crippen molar-refractivity contribution in [2.75, 3.05) is 5.75 Å². The minimum Gasteiger partial charge on any atom is -0.443 e. The van der Waals surface area contributed by atoms with Gasteiger partial charge in [-0.1, -0.05) is 0 Å². The number of benzene rings is 1. The molecule has 0 bridgehead atoms. The van der Waals surface area contributed by atoms with E-state index < -0.39 is 27.4 Å². The van der Waals surface area contributed by atoms with Crippen LogP contribution in [0.15, 0.2) is 23.1 Å². The van der Waals surface area contributed by atoms with Crippen molar-refractivity contribution < 1.29 is 22.7 Å². The van der Waals surface area contributed by atoms with Gasteiger partial charge in [0, 0.05) is 5.56 Å². The first kappa shape index (κ1) is 17.0. The predicted molar refractivity (Wildman–Crippen MR) is 87.3 cm³/mol. The Hall–Kier alpha value is -1.89. The average molecular weight is 351 g/mol. The zero-order chi connectivity index (χ0) is 17.7. The molecule has 1 aliphatic heterocycles. The molecule has 3 rings (SSSR count). The predicted octanol–water partition coefficient (Wildman–Crippen LogP) is 2.76. The highest BCUT2D eigenvalue weighted by Crippen LogP contribution is 2.33.